The number of hydrogen-bond donors (Lipinski definition) is 1. The van der Waals surface area contributed by atoms with E-state index < -0.39 is 17.8 Å². The van der Waals surface area contributed by atoms with Gasteiger partial charge in [0, 0.05) is 19.0 Å². The molecule has 0 amide bonds. The zero-order valence-corrected chi connectivity index (χ0v) is 14.8. The number of anilines is 1. The van der Waals surface area contributed by atoms with Gasteiger partial charge in [-0.1, -0.05) is 36.4 Å². The highest BCUT2D eigenvalue weighted by molar-refractivity contribution is 5.87. The number of nitrogens with zero attached hydrogens (tertiary/aromatic N) is 3. The van der Waals surface area contributed by atoms with Crippen LogP contribution in [0, 0.1) is 0 Å². The number of amidine groups is 1. The fourth-order valence-electron chi connectivity index (χ4n) is 2.58. The monoisotopic (exact) mass is 390 g/mol. The van der Waals surface area contributed by atoms with E-state index in [-0.39, 0.29) is 17.6 Å². The zero-order chi connectivity index (χ0) is 20.1. The third-order valence-electron chi connectivity index (χ3n) is 3.95. The molecule has 1 N–H and O–H groups in total. The van der Waals surface area contributed by atoms with Crippen LogP contribution >= 0.6 is 0 Å². The van der Waals surface area contributed by atoms with Gasteiger partial charge in [0.25, 0.3) is 6.20 Å². The highest BCUT2D eigenvalue weighted by Gasteiger charge is 2.30. The summed E-state index contributed by atoms with van der Waals surface area (Å²) in [5, 5.41) is 18.1. The number of halogens is 3. The van der Waals surface area contributed by atoms with E-state index in [1.807, 2.05) is 37.3 Å². The predicted molar refractivity (Wildman–Crippen MR) is 93.7 cm³/mol. The van der Waals surface area contributed by atoms with E-state index in [4.69, 9.17) is 4.52 Å². The molecule has 1 aromatic heterocycles. The first-order valence-corrected chi connectivity index (χ1v) is 8.43. The number of aromatic nitrogens is 2. The second-order valence-electron chi connectivity index (χ2n) is 6.18. The quantitative estimate of drug-likeness (QED) is 0.412. The van der Waals surface area contributed by atoms with Gasteiger partial charge in [0.15, 0.2) is 6.04 Å². The fraction of sp³-hybridized carbons (Fsp3) is 0.211. The predicted octanol–water partition coefficient (Wildman–Crippen LogP) is 3.24. The van der Waals surface area contributed by atoms with Crippen LogP contribution in [0.3, 0.4) is 0 Å². The molecule has 0 spiro atoms. The maximum Gasteiger partial charge on any atom is 0.416 e. The topological polar surface area (TPSA) is 77.4 Å². The van der Waals surface area contributed by atoms with E-state index in [1.165, 1.54) is 23.0 Å². The molecule has 0 aliphatic rings. The Kier molecular flexibility index (Phi) is 5.62. The molecule has 0 fully saturated rings. The fourth-order valence-corrected chi connectivity index (χ4v) is 2.58. The molecule has 3 aromatic rings. The summed E-state index contributed by atoms with van der Waals surface area (Å²) < 4.78 is 44.7. The first-order chi connectivity index (χ1) is 13.3. The van der Waals surface area contributed by atoms with Gasteiger partial charge in [-0.15, -0.1) is 0 Å². The standard InChI is InChI=1S/C19H17F3N4O2/c1-13(10-14-6-3-2-4-7-14)26-12-17(28-25-26)24-18(27)23-16-9-5-8-15(11-16)19(20,21)22/h2-9,11-13H,10H2,1H3,(H-,23,24,25,27)/t13-/m0/s1. The van der Waals surface area contributed by atoms with E-state index in [0.29, 0.717) is 6.42 Å². The SMILES string of the molecule is C[C@@H](Cc1ccccc1)[n+]1cc(N=C([O-])Nc2cccc(C(F)(F)F)c2)on1. The summed E-state index contributed by atoms with van der Waals surface area (Å²) >= 11 is 0. The number of alkyl halides is 3. The van der Waals surface area contributed by atoms with Crippen molar-refractivity contribution < 1.29 is 27.5 Å². The molecule has 1 heterocycles. The summed E-state index contributed by atoms with van der Waals surface area (Å²) in [5.41, 5.74) is 0.234. The molecule has 0 saturated carbocycles. The summed E-state index contributed by atoms with van der Waals surface area (Å²) in [6.45, 7) is 1.93. The van der Waals surface area contributed by atoms with Crippen LogP contribution in [0.15, 0.2) is 70.3 Å². The van der Waals surface area contributed by atoms with Crippen molar-refractivity contribution in [1.82, 2.24) is 5.27 Å². The smallest absolute Gasteiger partial charge is 0.416 e. The molecule has 0 unspecified atom stereocenters. The van der Waals surface area contributed by atoms with Crippen LogP contribution in [-0.4, -0.2) is 11.3 Å². The Morgan fingerprint density at radius 2 is 1.96 bits per heavy atom. The van der Waals surface area contributed by atoms with E-state index in [2.05, 4.69) is 15.6 Å². The third-order valence-corrected chi connectivity index (χ3v) is 3.95. The van der Waals surface area contributed by atoms with Gasteiger partial charge in [0.05, 0.1) is 11.6 Å². The van der Waals surface area contributed by atoms with Crippen LogP contribution in [-0.2, 0) is 12.6 Å². The van der Waals surface area contributed by atoms with Gasteiger partial charge < -0.3 is 10.4 Å². The Labute approximate surface area is 158 Å². The Balaban J connectivity index is 1.67. The molecule has 0 bridgehead atoms. The second-order valence-corrected chi connectivity index (χ2v) is 6.18. The summed E-state index contributed by atoms with van der Waals surface area (Å²) in [7, 11) is 0. The van der Waals surface area contributed by atoms with Crippen LogP contribution < -0.4 is 15.1 Å². The second kappa shape index (κ2) is 8.12. The van der Waals surface area contributed by atoms with E-state index in [1.54, 1.807) is 0 Å². The maximum atomic E-state index is 12.7. The Morgan fingerprint density at radius 3 is 2.68 bits per heavy atom. The molecular weight excluding hydrogens is 373 g/mol. The molecule has 146 valence electrons. The minimum absolute atomic E-state index is 0.0200. The van der Waals surface area contributed by atoms with Gasteiger partial charge >= 0.3 is 12.1 Å². The summed E-state index contributed by atoms with van der Waals surface area (Å²) in [5.74, 6) is -0.0515. The van der Waals surface area contributed by atoms with Crippen molar-refractivity contribution in [2.75, 3.05) is 5.32 Å². The Hall–Kier alpha value is -3.36. The zero-order valence-electron chi connectivity index (χ0n) is 14.8. The highest BCUT2D eigenvalue weighted by atomic mass is 19.4. The molecule has 0 aliphatic heterocycles. The van der Waals surface area contributed by atoms with Crippen molar-refractivity contribution in [3.63, 3.8) is 0 Å². The molecule has 0 aliphatic carbocycles. The van der Waals surface area contributed by atoms with Crippen LogP contribution in [0.5, 0.6) is 0 Å². The molecular formula is C19H17F3N4O2. The first kappa shape index (κ1) is 19.4. The van der Waals surface area contributed by atoms with Crippen molar-refractivity contribution in [1.29, 1.82) is 0 Å². The van der Waals surface area contributed by atoms with Gasteiger partial charge in [-0.3, -0.25) is 4.52 Å². The largest absolute Gasteiger partial charge is 0.846 e. The molecule has 1 atom stereocenters. The lowest BCUT2D eigenvalue weighted by molar-refractivity contribution is -0.782. The molecule has 3 rings (SSSR count). The number of rotatable bonds is 5. The van der Waals surface area contributed by atoms with Crippen LogP contribution in [0.4, 0.5) is 24.7 Å². The van der Waals surface area contributed by atoms with Gasteiger partial charge in [0.2, 0.25) is 5.27 Å². The molecule has 0 radical (unpaired) electrons. The van der Waals surface area contributed by atoms with Gasteiger partial charge in [0.1, 0.15) is 0 Å². The van der Waals surface area contributed by atoms with E-state index in [9.17, 15) is 18.3 Å². The van der Waals surface area contributed by atoms with Crippen LogP contribution in [0.25, 0.3) is 0 Å². The van der Waals surface area contributed by atoms with E-state index >= 15 is 0 Å². The van der Waals surface area contributed by atoms with E-state index in [0.717, 1.165) is 17.7 Å². The first-order valence-electron chi connectivity index (χ1n) is 8.43. The Morgan fingerprint density at radius 1 is 1.21 bits per heavy atom. The van der Waals surface area contributed by atoms with Gasteiger partial charge in [-0.05, 0) is 28.4 Å². The number of aliphatic imine (C=N–C) groups is 1. The number of benzene rings is 2. The minimum atomic E-state index is -4.50. The molecule has 2 aromatic carbocycles. The summed E-state index contributed by atoms with van der Waals surface area (Å²) in [4.78, 5) is 3.67. The minimum Gasteiger partial charge on any atom is -0.846 e. The van der Waals surface area contributed by atoms with Gasteiger partial charge in [-0.25, -0.2) is 4.99 Å². The maximum absolute atomic E-state index is 12.7. The molecule has 0 saturated heterocycles. The van der Waals surface area contributed by atoms with Crippen molar-refractivity contribution in [3.8, 4) is 0 Å². The highest BCUT2D eigenvalue weighted by Crippen LogP contribution is 2.30. The van der Waals surface area contributed by atoms with Crippen molar-refractivity contribution in [2.24, 2.45) is 4.99 Å². The lowest BCUT2D eigenvalue weighted by Gasteiger charge is -2.14. The normalized spacial score (nSPS) is 13.4. The molecule has 28 heavy (non-hydrogen) atoms. The number of nitrogens with one attached hydrogen (secondary N) is 1. The van der Waals surface area contributed by atoms with Crippen molar-refractivity contribution in [2.45, 2.75) is 25.6 Å². The number of hydrogen-bond acceptors (Lipinski definition) is 4. The lowest BCUT2D eigenvalue weighted by Crippen LogP contribution is -2.39. The third kappa shape index (κ3) is 5.09. The van der Waals surface area contributed by atoms with Crippen LogP contribution in [0.2, 0.25) is 0 Å². The average molecular weight is 390 g/mol. The lowest BCUT2D eigenvalue weighted by atomic mass is 10.1. The summed E-state index contributed by atoms with van der Waals surface area (Å²) in [6, 6.07) is 13.2. The Bertz CT molecular complexity index is 955. The van der Waals surface area contributed by atoms with Crippen molar-refractivity contribution in [3.05, 3.63) is 71.9 Å². The average Bonchev–Trinajstić information content (AvgIpc) is 3.10. The van der Waals surface area contributed by atoms with Crippen molar-refractivity contribution >= 4 is 17.6 Å². The van der Waals surface area contributed by atoms with Gasteiger partial charge in [-0.2, -0.15) is 13.2 Å². The van der Waals surface area contributed by atoms with Crippen LogP contribution in [0.1, 0.15) is 24.1 Å². The molecule has 6 nitrogen and oxygen atoms in total. The molecule has 9 heteroatoms. The summed E-state index contributed by atoms with van der Waals surface area (Å²) in [6.07, 6.45) is -2.34.